The van der Waals surface area contributed by atoms with Gasteiger partial charge in [0.1, 0.15) is 18.1 Å². The van der Waals surface area contributed by atoms with Crippen LogP contribution in [0.1, 0.15) is 111 Å². The van der Waals surface area contributed by atoms with Gasteiger partial charge in [-0.15, -0.1) is 0 Å². The third kappa shape index (κ3) is 22.1. The number of Topliss-reactive ketones (excluding diaryl/α,β-unsaturated/α-hetero) is 2. The third-order valence-corrected chi connectivity index (χ3v) is 8.95. The summed E-state index contributed by atoms with van der Waals surface area (Å²) in [5.41, 5.74) is 10.8. The van der Waals surface area contributed by atoms with E-state index in [2.05, 4.69) is 45.4 Å². The summed E-state index contributed by atoms with van der Waals surface area (Å²) in [7, 11) is 0. The van der Waals surface area contributed by atoms with Crippen molar-refractivity contribution in [3.8, 4) is 0 Å². The first-order chi connectivity index (χ1) is 25.1. The molecule has 0 aromatic rings. The molecule has 1 aliphatic rings. The van der Waals surface area contributed by atoms with Crippen LogP contribution in [-0.4, -0.2) is 119 Å². The number of carbonyl (C=O) groups excluding carboxylic acids is 6. The second-order valence-electron chi connectivity index (χ2n) is 13.1. The molecule has 3 unspecified atom stereocenters. The first-order valence-electron chi connectivity index (χ1n) is 18.5. The number of hydrogen-bond donors (Lipinski definition) is 9. The van der Waals surface area contributed by atoms with Crippen molar-refractivity contribution in [1.29, 1.82) is 0 Å². The quantitative estimate of drug-likeness (QED) is 0.0526. The minimum Gasteiger partial charge on any atom is -0.481 e. The van der Waals surface area contributed by atoms with Gasteiger partial charge < -0.3 is 48.3 Å². The lowest BCUT2D eigenvalue weighted by molar-refractivity contribution is -0.140. The zero-order valence-electron chi connectivity index (χ0n) is 32.0. The molecule has 53 heavy (non-hydrogen) atoms. The number of hydrogen-bond acceptors (Lipinski definition) is 11. The van der Waals surface area contributed by atoms with Gasteiger partial charge in [0.2, 0.25) is 35.2 Å². The number of unbranched alkanes of at least 4 members (excludes halogenated alkanes) is 2. The molecule has 0 radical (unpaired) electrons. The maximum Gasteiger partial charge on any atom is 0.303 e. The fraction of sp³-hybridized carbons (Fsp3) is 0.771. The Kier molecular flexibility index (Phi) is 26.7. The fourth-order valence-corrected chi connectivity index (χ4v) is 5.66. The van der Waals surface area contributed by atoms with E-state index in [-0.39, 0.29) is 44.6 Å². The molecular formula is C35H64N8O9S. The zero-order valence-corrected chi connectivity index (χ0v) is 32.9. The van der Waals surface area contributed by atoms with Crippen molar-refractivity contribution in [2.45, 2.75) is 147 Å². The van der Waals surface area contributed by atoms with Gasteiger partial charge >= 0.3 is 5.97 Å². The Morgan fingerprint density at radius 3 is 1.96 bits per heavy atom. The van der Waals surface area contributed by atoms with Gasteiger partial charge in [0.25, 0.3) is 0 Å². The molecule has 1 saturated heterocycles. The van der Waals surface area contributed by atoms with Crippen LogP contribution in [0.15, 0.2) is 4.99 Å². The Morgan fingerprint density at radius 2 is 1.42 bits per heavy atom. The summed E-state index contributed by atoms with van der Waals surface area (Å²) in [6, 6.07) is -6.24. The molecule has 304 valence electrons. The Balaban J connectivity index is 0.00000504. The van der Waals surface area contributed by atoms with E-state index in [0.29, 0.717) is 38.0 Å². The monoisotopic (exact) mass is 772 g/mol. The molecule has 11 N–H and O–H groups in total. The van der Waals surface area contributed by atoms with E-state index in [0.717, 1.165) is 0 Å². The molecule has 1 aliphatic heterocycles. The highest BCUT2D eigenvalue weighted by Gasteiger charge is 2.34. The first kappa shape index (κ1) is 49.2. The molecule has 18 heteroatoms. The largest absolute Gasteiger partial charge is 0.481 e. The number of nitrogens with two attached hydrogens (primary N) is 2. The van der Waals surface area contributed by atoms with Gasteiger partial charge in [0.05, 0.1) is 18.2 Å². The molecule has 0 aromatic heterocycles. The molecule has 1 heterocycles. The van der Waals surface area contributed by atoms with Crippen LogP contribution in [0.25, 0.3) is 0 Å². The van der Waals surface area contributed by atoms with Gasteiger partial charge in [-0.1, -0.05) is 46.0 Å². The lowest BCUT2D eigenvalue weighted by Crippen LogP contribution is -2.59. The highest BCUT2D eigenvalue weighted by Crippen LogP contribution is 2.10. The standard InChI is InChI=1S/C30H52N8O9S.C5H12/c1-17-25(43)26(44)19(13-16-48-3)35-27(45)20(9-8-15-34-30(31)32)36-28(46)21(11-12-23(41)42)37-29(47)24(18(2)39)38-22(40)10-6-4-5-7-14-33-17;1-3-5-4-2/h17-21,24,33,39H,4-16H2,1-3H3,(H,35,45)(H,36,46)(H,37,47)(H,38,40)(H,41,42)(H4,31,32,34);3-5H2,1-2H3/t17?,18-,19?,20+,21?,24+;/m1./s1. The summed E-state index contributed by atoms with van der Waals surface area (Å²) in [6.45, 7) is 7.80. The van der Waals surface area contributed by atoms with E-state index in [4.69, 9.17) is 11.5 Å². The maximum absolute atomic E-state index is 13.6. The van der Waals surface area contributed by atoms with E-state index in [1.807, 2.05) is 0 Å². The molecule has 17 nitrogen and oxygen atoms in total. The van der Waals surface area contributed by atoms with Crippen LogP contribution < -0.4 is 38.1 Å². The van der Waals surface area contributed by atoms with Gasteiger partial charge in [0, 0.05) is 19.4 Å². The zero-order chi connectivity index (χ0) is 40.3. The topological polar surface area (TPSA) is 284 Å². The van der Waals surface area contributed by atoms with Crippen LogP contribution in [0.5, 0.6) is 0 Å². The molecular weight excluding hydrogens is 708 g/mol. The molecule has 0 aliphatic carbocycles. The second kappa shape index (κ2) is 28.7. The van der Waals surface area contributed by atoms with Gasteiger partial charge in [-0.2, -0.15) is 11.8 Å². The van der Waals surface area contributed by atoms with E-state index in [1.165, 1.54) is 37.9 Å². The van der Waals surface area contributed by atoms with E-state index < -0.39 is 83.9 Å². The van der Waals surface area contributed by atoms with Gasteiger partial charge in [-0.3, -0.25) is 38.6 Å². The lowest BCUT2D eigenvalue weighted by Gasteiger charge is -2.27. The van der Waals surface area contributed by atoms with Crippen molar-refractivity contribution in [3.63, 3.8) is 0 Å². The second-order valence-corrected chi connectivity index (χ2v) is 14.0. The summed E-state index contributed by atoms with van der Waals surface area (Å²) in [4.78, 5) is 94.5. The lowest BCUT2D eigenvalue weighted by atomic mass is 10.00. The number of guanidine groups is 1. The van der Waals surface area contributed by atoms with Crippen molar-refractivity contribution in [2.24, 2.45) is 16.5 Å². The first-order valence-corrected chi connectivity index (χ1v) is 19.9. The van der Waals surface area contributed by atoms with Crippen molar-refractivity contribution in [2.75, 3.05) is 25.1 Å². The SMILES string of the molecule is CCCCC.CSCCC1NC(=O)[C@H](CCCN=C(N)N)NC(=O)C(CCC(=O)O)NC(=O)[C@H]([C@@H](C)O)NC(=O)CCCCCCNC(C)C(=O)C1=O. The summed E-state index contributed by atoms with van der Waals surface area (Å²) in [5.74, 6) is -5.67. The number of rotatable bonds is 13. The Hall–Kier alpha value is -3.77. The number of carboxylic acid groups (broad SMARTS) is 1. The number of nitrogens with zero attached hydrogens (tertiary/aromatic N) is 1. The van der Waals surface area contributed by atoms with Crippen LogP contribution >= 0.6 is 11.8 Å². The molecule has 0 bridgehead atoms. The molecule has 1 rings (SSSR count). The molecule has 0 saturated carbocycles. The van der Waals surface area contributed by atoms with Crippen LogP contribution in [-0.2, 0) is 33.6 Å². The maximum atomic E-state index is 13.6. The summed E-state index contributed by atoms with van der Waals surface area (Å²) in [5, 5.41) is 32.6. The Labute approximate surface area is 317 Å². The predicted octanol–water partition coefficient (Wildman–Crippen LogP) is 0.255. The number of thioether (sulfide) groups is 1. The number of aliphatic hydroxyl groups is 1. The number of carboxylic acids is 1. The Morgan fingerprint density at radius 1 is 0.830 bits per heavy atom. The number of aliphatic carboxylic acids is 1. The highest BCUT2D eigenvalue weighted by atomic mass is 32.2. The van der Waals surface area contributed by atoms with Gasteiger partial charge in [-0.25, -0.2) is 0 Å². The third-order valence-electron chi connectivity index (χ3n) is 8.31. The van der Waals surface area contributed by atoms with Crippen LogP contribution in [0.4, 0.5) is 0 Å². The number of carbonyl (C=O) groups is 7. The van der Waals surface area contributed by atoms with Crippen molar-refractivity contribution in [3.05, 3.63) is 0 Å². The summed E-state index contributed by atoms with van der Waals surface area (Å²) in [6.07, 6.45) is 6.49. The summed E-state index contributed by atoms with van der Waals surface area (Å²) < 4.78 is 0. The average Bonchev–Trinajstić information content (AvgIpc) is 3.10. The van der Waals surface area contributed by atoms with Crippen LogP contribution in [0.2, 0.25) is 0 Å². The predicted molar refractivity (Wildman–Crippen MR) is 205 cm³/mol. The molecule has 6 atom stereocenters. The smallest absolute Gasteiger partial charge is 0.303 e. The molecule has 4 amide bonds. The van der Waals surface area contributed by atoms with E-state index >= 15 is 0 Å². The average molecular weight is 773 g/mol. The van der Waals surface area contributed by atoms with E-state index in [9.17, 15) is 43.8 Å². The minimum atomic E-state index is -1.49. The van der Waals surface area contributed by atoms with Gasteiger partial charge in [-0.05, 0) is 70.9 Å². The van der Waals surface area contributed by atoms with E-state index in [1.54, 1.807) is 13.2 Å². The van der Waals surface area contributed by atoms with Crippen molar-refractivity contribution >= 4 is 58.9 Å². The number of aliphatic hydroxyl groups excluding tert-OH is 1. The van der Waals surface area contributed by atoms with Crippen LogP contribution in [0.3, 0.4) is 0 Å². The van der Waals surface area contributed by atoms with Crippen molar-refractivity contribution < 1.29 is 43.8 Å². The molecule has 0 aromatic carbocycles. The minimum absolute atomic E-state index is 0.0321. The van der Waals surface area contributed by atoms with Crippen LogP contribution in [0, 0.1) is 0 Å². The normalized spacial score (nSPS) is 23.7. The Bertz CT molecular complexity index is 1200. The summed E-state index contributed by atoms with van der Waals surface area (Å²) >= 11 is 1.41. The van der Waals surface area contributed by atoms with Crippen molar-refractivity contribution in [1.82, 2.24) is 26.6 Å². The van der Waals surface area contributed by atoms with Gasteiger partial charge in [0.15, 0.2) is 5.96 Å². The number of ketones is 2. The number of aliphatic imine (C=N–C) groups is 1. The molecule has 1 fully saturated rings. The highest BCUT2D eigenvalue weighted by molar-refractivity contribution is 7.98. The number of nitrogens with one attached hydrogen (secondary N) is 5. The fourth-order valence-electron chi connectivity index (χ4n) is 5.18. The number of amides is 4. The molecule has 0 spiro atoms.